The molecule has 0 radical (unpaired) electrons. The number of carbonyl (C=O) groups excluding carboxylic acids is 3. The molecule has 0 saturated carbocycles. The number of methoxy groups -OCH3 is 2. The highest BCUT2D eigenvalue weighted by molar-refractivity contribution is 6.07. The van der Waals surface area contributed by atoms with Crippen LogP contribution < -0.4 is 20.1 Å². The molecule has 14 nitrogen and oxygen atoms in total. The lowest BCUT2D eigenvalue weighted by atomic mass is 9.75. The van der Waals surface area contributed by atoms with Crippen molar-refractivity contribution in [1.82, 2.24) is 5.32 Å². The highest BCUT2D eigenvalue weighted by atomic mass is 16.6. The molecule has 3 unspecified atom stereocenters. The van der Waals surface area contributed by atoms with Crippen molar-refractivity contribution in [3.05, 3.63) is 69.4 Å². The molecule has 2 aromatic rings. The lowest BCUT2D eigenvalue weighted by Crippen LogP contribution is -2.36. The summed E-state index contributed by atoms with van der Waals surface area (Å²) in [5.41, 5.74) is 1.48. The molecule has 0 spiro atoms. The summed E-state index contributed by atoms with van der Waals surface area (Å²) in [6, 6.07) is 10.9. The van der Waals surface area contributed by atoms with Crippen LogP contribution in [0.3, 0.4) is 0 Å². The fraction of sp³-hybridized carbons (Fsp3) is 0.438. The Labute approximate surface area is 266 Å². The second-order valence-electron chi connectivity index (χ2n) is 10.6. The maximum atomic E-state index is 12.9. The Morgan fingerprint density at radius 3 is 2.39 bits per heavy atom. The lowest BCUT2D eigenvalue weighted by molar-refractivity contribution is -0.385. The number of nitrogens with zero attached hydrogens (tertiary/aromatic N) is 2. The number of hydrogen-bond donors (Lipinski definition) is 3. The molecule has 0 fully saturated rings. The molecule has 1 aliphatic heterocycles. The maximum absolute atomic E-state index is 12.9. The molecular weight excluding hydrogens is 600 g/mol. The third-order valence-corrected chi connectivity index (χ3v) is 7.23. The molecule has 1 aliphatic rings. The third kappa shape index (κ3) is 9.59. The zero-order valence-corrected chi connectivity index (χ0v) is 26.5. The summed E-state index contributed by atoms with van der Waals surface area (Å²) in [5.74, 6) is -2.73. The summed E-state index contributed by atoms with van der Waals surface area (Å²) >= 11 is 0. The van der Waals surface area contributed by atoms with Gasteiger partial charge in [-0.3, -0.25) is 24.7 Å². The topological polar surface area (TPSA) is 188 Å². The fourth-order valence-corrected chi connectivity index (χ4v) is 5.10. The molecule has 46 heavy (non-hydrogen) atoms. The zero-order chi connectivity index (χ0) is 33.8. The summed E-state index contributed by atoms with van der Waals surface area (Å²) in [5, 5.41) is 27.8. The van der Waals surface area contributed by atoms with Gasteiger partial charge in [0, 0.05) is 54.2 Å². The smallest absolute Gasteiger partial charge is 0.336 e. The Bertz CT molecular complexity index is 1470. The van der Waals surface area contributed by atoms with Gasteiger partial charge in [-0.2, -0.15) is 0 Å². The number of ether oxygens (including phenoxy) is 4. The van der Waals surface area contributed by atoms with Gasteiger partial charge in [-0.25, -0.2) is 4.79 Å². The first-order chi connectivity index (χ1) is 22.0. The predicted octanol–water partition coefficient (Wildman–Crippen LogP) is 3.54. The average Bonchev–Trinajstić information content (AvgIpc) is 3.02. The normalized spacial score (nSPS) is 16.6. The van der Waals surface area contributed by atoms with Crippen LogP contribution in [0.2, 0.25) is 0 Å². The number of nitro groups is 1. The number of carbonyl (C=O) groups is 3. The van der Waals surface area contributed by atoms with E-state index in [1.807, 2.05) is 0 Å². The van der Waals surface area contributed by atoms with Crippen LogP contribution >= 0.6 is 0 Å². The van der Waals surface area contributed by atoms with Gasteiger partial charge in [0.15, 0.2) is 0 Å². The minimum atomic E-state index is -1.03. The Morgan fingerprint density at radius 1 is 1.04 bits per heavy atom. The van der Waals surface area contributed by atoms with Crippen molar-refractivity contribution in [1.29, 1.82) is 0 Å². The second-order valence-corrected chi connectivity index (χ2v) is 10.6. The summed E-state index contributed by atoms with van der Waals surface area (Å²) in [7, 11) is 2.42. The molecule has 2 aromatic carbocycles. The summed E-state index contributed by atoms with van der Waals surface area (Å²) < 4.78 is 21.7. The van der Waals surface area contributed by atoms with E-state index in [2.05, 4.69) is 15.6 Å². The molecule has 0 aromatic heterocycles. The molecule has 248 valence electrons. The Hall–Kier alpha value is -4.82. The predicted molar refractivity (Wildman–Crippen MR) is 169 cm³/mol. The number of aliphatic hydroxyl groups excluding tert-OH is 1. The SMILES string of the molecule is COC(=O)C1=C(C)N=C(C)C(C(=O)OC)C1c1cc([N+](=O)[O-])ccc1OCCCCNCC(O)COc1ccc(NC(C)=O)cc1. The number of nitro benzene ring substituents is 1. The average molecular weight is 641 g/mol. The largest absolute Gasteiger partial charge is 0.493 e. The first-order valence-corrected chi connectivity index (χ1v) is 14.7. The Kier molecular flexibility index (Phi) is 13.2. The highest BCUT2D eigenvalue weighted by Crippen LogP contribution is 2.44. The molecule has 3 atom stereocenters. The van der Waals surface area contributed by atoms with Crippen molar-refractivity contribution in [2.45, 2.75) is 45.6 Å². The number of unbranched alkanes of at least 4 members (excludes halogenated alkanes) is 1. The maximum Gasteiger partial charge on any atom is 0.336 e. The monoisotopic (exact) mass is 640 g/mol. The first kappa shape index (κ1) is 35.7. The molecule has 1 amide bonds. The molecule has 0 saturated heterocycles. The molecule has 3 N–H and O–H groups in total. The van der Waals surface area contributed by atoms with E-state index in [0.29, 0.717) is 48.8 Å². The number of allylic oxidation sites excluding steroid dienone is 1. The molecule has 0 bridgehead atoms. The van der Waals surface area contributed by atoms with Gasteiger partial charge < -0.3 is 34.7 Å². The number of non-ortho nitro benzene ring substituents is 1. The van der Waals surface area contributed by atoms with Crippen molar-refractivity contribution in [2.75, 3.05) is 45.8 Å². The fourth-order valence-electron chi connectivity index (χ4n) is 5.10. The number of amides is 1. The van der Waals surface area contributed by atoms with Crippen LogP contribution in [0.15, 0.2) is 58.7 Å². The number of benzene rings is 2. The van der Waals surface area contributed by atoms with E-state index < -0.39 is 34.8 Å². The molecule has 14 heteroatoms. The second kappa shape index (κ2) is 17.0. The van der Waals surface area contributed by atoms with Crippen molar-refractivity contribution in [2.24, 2.45) is 10.9 Å². The number of hydrogen-bond acceptors (Lipinski definition) is 12. The van der Waals surface area contributed by atoms with Gasteiger partial charge in [0.2, 0.25) is 5.91 Å². The molecule has 1 heterocycles. The highest BCUT2D eigenvalue weighted by Gasteiger charge is 2.43. The van der Waals surface area contributed by atoms with E-state index in [9.17, 15) is 29.6 Å². The zero-order valence-electron chi connectivity index (χ0n) is 26.5. The number of nitrogens with one attached hydrogen (secondary N) is 2. The number of esters is 2. The summed E-state index contributed by atoms with van der Waals surface area (Å²) in [6.45, 7) is 5.87. The van der Waals surface area contributed by atoms with Crippen LogP contribution in [-0.2, 0) is 23.9 Å². The summed E-state index contributed by atoms with van der Waals surface area (Å²) in [4.78, 5) is 52.4. The van der Waals surface area contributed by atoms with E-state index in [0.717, 1.165) is 0 Å². The van der Waals surface area contributed by atoms with E-state index in [1.54, 1.807) is 38.1 Å². The van der Waals surface area contributed by atoms with Crippen molar-refractivity contribution < 1.29 is 43.4 Å². The van der Waals surface area contributed by atoms with Crippen molar-refractivity contribution in [3.8, 4) is 11.5 Å². The minimum Gasteiger partial charge on any atom is -0.493 e. The van der Waals surface area contributed by atoms with E-state index in [4.69, 9.17) is 18.9 Å². The van der Waals surface area contributed by atoms with Crippen LogP contribution in [0, 0.1) is 16.0 Å². The number of anilines is 1. The van der Waals surface area contributed by atoms with E-state index >= 15 is 0 Å². The summed E-state index contributed by atoms with van der Waals surface area (Å²) in [6.07, 6.45) is 0.535. The van der Waals surface area contributed by atoms with Gasteiger partial charge >= 0.3 is 11.9 Å². The Morgan fingerprint density at radius 2 is 1.76 bits per heavy atom. The number of aliphatic hydroxyl groups is 1. The van der Waals surface area contributed by atoms with Crippen LogP contribution in [0.1, 0.15) is 45.1 Å². The Balaban J connectivity index is 1.59. The van der Waals surface area contributed by atoms with Gasteiger partial charge in [0.05, 0.1) is 31.3 Å². The lowest BCUT2D eigenvalue weighted by Gasteiger charge is -2.31. The van der Waals surface area contributed by atoms with Crippen LogP contribution in [0.5, 0.6) is 11.5 Å². The minimum absolute atomic E-state index is 0.0813. The number of aliphatic imine (C=N–C) groups is 1. The number of rotatable bonds is 16. The molecular formula is C32H40N4O10. The van der Waals surface area contributed by atoms with Gasteiger partial charge in [-0.1, -0.05) is 0 Å². The third-order valence-electron chi connectivity index (χ3n) is 7.23. The van der Waals surface area contributed by atoms with E-state index in [1.165, 1.54) is 39.3 Å². The van der Waals surface area contributed by atoms with Gasteiger partial charge in [-0.05, 0) is 63.6 Å². The van der Waals surface area contributed by atoms with Gasteiger partial charge in [0.25, 0.3) is 5.69 Å². The molecule has 3 rings (SSSR count). The quantitative estimate of drug-likeness (QED) is 0.105. The van der Waals surface area contributed by atoms with Gasteiger partial charge in [0.1, 0.15) is 30.1 Å². The standard InChI is InChI=1S/C32H40N4O10/c1-19-28(31(39)43-4)30(29(20(2)34-19)32(40)44-5)26-16-23(36(41)42)10-13-27(26)45-15-7-6-14-33-17-24(38)18-46-25-11-8-22(9-12-25)35-21(3)37/h8-13,16,24,28,30,33,38H,6-7,14-15,17-18H2,1-5H3,(H,35,37). The van der Waals surface area contributed by atoms with Crippen molar-refractivity contribution >= 4 is 34.9 Å². The van der Waals surface area contributed by atoms with Crippen LogP contribution in [0.4, 0.5) is 11.4 Å². The molecule has 0 aliphatic carbocycles. The van der Waals surface area contributed by atoms with Gasteiger partial charge in [-0.15, -0.1) is 0 Å². The van der Waals surface area contributed by atoms with Crippen LogP contribution in [-0.4, -0.2) is 80.2 Å². The first-order valence-electron chi connectivity index (χ1n) is 14.7. The van der Waals surface area contributed by atoms with Crippen molar-refractivity contribution in [3.63, 3.8) is 0 Å². The van der Waals surface area contributed by atoms with Crippen LogP contribution in [0.25, 0.3) is 0 Å². The van der Waals surface area contributed by atoms with E-state index in [-0.39, 0.29) is 41.7 Å².